The molecule has 30 heavy (non-hydrogen) atoms. The molecule has 1 aliphatic carbocycles. The third kappa shape index (κ3) is 4.09. The lowest BCUT2D eigenvalue weighted by Gasteiger charge is -2.09. The quantitative estimate of drug-likeness (QED) is 0.364. The minimum absolute atomic E-state index is 0.0815. The zero-order chi connectivity index (χ0) is 21.1. The fraction of sp³-hybridized carbons (Fsp3) is 0.174. The zero-order valence-electron chi connectivity index (χ0n) is 15.9. The smallest absolute Gasteiger partial charge is 0.267 e. The van der Waals surface area contributed by atoms with Crippen LogP contribution < -0.4 is 5.32 Å². The van der Waals surface area contributed by atoms with Crippen molar-refractivity contribution in [1.82, 2.24) is 0 Å². The van der Waals surface area contributed by atoms with E-state index in [1.807, 2.05) is 30.3 Å². The van der Waals surface area contributed by atoms with Gasteiger partial charge in [-0.15, -0.1) is 11.3 Å². The number of furan rings is 1. The lowest BCUT2D eigenvalue weighted by molar-refractivity contribution is -0.112. The van der Waals surface area contributed by atoms with E-state index in [0.29, 0.717) is 22.1 Å². The first-order valence-corrected chi connectivity index (χ1v) is 11.0. The summed E-state index contributed by atoms with van der Waals surface area (Å²) < 4.78 is 6.75. The highest BCUT2D eigenvalue weighted by molar-refractivity contribution is 9.10. The van der Waals surface area contributed by atoms with Crippen molar-refractivity contribution in [3.8, 4) is 23.5 Å². The van der Waals surface area contributed by atoms with Crippen molar-refractivity contribution < 1.29 is 9.21 Å². The van der Waals surface area contributed by atoms with Crippen molar-refractivity contribution in [2.45, 2.75) is 25.7 Å². The number of nitriles is 2. The molecule has 0 bridgehead atoms. The highest BCUT2D eigenvalue weighted by atomic mass is 79.9. The van der Waals surface area contributed by atoms with E-state index in [2.05, 4.69) is 27.3 Å². The average Bonchev–Trinajstić information content (AvgIpc) is 3.36. The van der Waals surface area contributed by atoms with Crippen LogP contribution >= 0.6 is 27.3 Å². The van der Waals surface area contributed by atoms with Crippen LogP contribution in [0.3, 0.4) is 0 Å². The summed E-state index contributed by atoms with van der Waals surface area (Å²) in [5.74, 6) is 0.504. The molecule has 3 aromatic rings. The number of hydrogen-bond donors (Lipinski definition) is 1. The number of anilines is 1. The van der Waals surface area contributed by atoms with Gasteiger partial charge in [-0.05, 0) is 55.5 Å². The number of nitrogens with one attached hydrogen (secondary N) is 1. The van der Waals surface area contributed by atoms with E-state index in [1.165, 1.54) is 17.4 Å². The SMILES string of the molecule is N#C/C(=C/c1ccc(-c2ccc(Br)cc2)o1)C(=O)Nc1sc2c(c1C#N)CCCC2. The molecule has 0 saturated carbocycles. The average molecular weight is 478 g/mol. The Morgan fingerprint density at radius 2 is 1.90 bits per heavy atom. The maximum atomic E-state index is 12.7. The molecule has 1 aromatic carbocycles. The first-order chi connectivity index (χ1) is 14.6. The Labute approximate surface area is 186 Å². The van der Waals surface area contributed by atoms with Crippen molar-refractivity contribution in [2.24, 2.45) is 0 Å². The molecule has 7 heteroatoms. The summed E-state index contributed by atoms with van der Waals surface area (Å²) in [6, 6.07) is 15.3. The van der Waals surface area contributed by atoms with Gasteiger partial charge in [0.2, 0.25) is 0 Å². The van der Waals surface area contributed by atoms with Gasteiger partial charge >= 0.3 is 0 Å². The number of carbonyl (C=O) groups excluding carboxylic acids is 1. The third-order valence-corrected chi connectivity index (χ3v) is 6.65. The molecule has 0 atom stereocenters. The van der Waals surface area contributed by atoms with Crippen molar-refractivity contribution in [1.29, 1.82) is 10.5 Å². The van der Waals surface area contributed by atoms with Crippen LogP contribution in [0.25, 0.3) is 17.4 Å². The van der Waals surface area contributed by atoms with Gasteiger partial charge in [-0.3, -0.25) is 4.79 Å². The van der Waals surface area contributed by atoms with Crippen LogP contribution in [-0.2, 0) is 17.6 Å². The summed E-state index contributed by atoms with van der Waals surface area (Å²) in [5.41, 5.74) is 2.37. The number of halogens is 1. The molecule has 1 aliphatic rings. The lowest BCUT2D eigenvalue weighted by Crippen LogP contribution is -2.13. The number of rotatable bonds is 4. The molecular weight excluding hydrogens is 462 g/mol. The normalized spacial score (nSPS) is 13.2. The minimum atomic E-state index is -0.547. The van der Waals surface area contributed by atoms with Gasteiger partial charge in [-0.2, -0.15) is 10.5 Å². The largest absolute Gasteiger partial charge is 0.457 e. The Hall–Kier alpha value is -3.13. The van der Waals surface area contributed by atoms with Crippen molar-refractivity contribution in [2.75, 3.05) is 5.32 Å². The van der Waals surface area contributed by atoms with Gasteiger partial charge < -0.3 is 9.73 Å². The predicted molar refractivity (Wildman–Crippen MR) is 120 cm³/mol. The second-order valence-corrected chi connectivity index (χ2v) is 8.88. The maximum absolute atomic E-state index is 12.7. The number of nitrogens with zero attached hydrogens (tertiary/aromatic N) is 2. The van der Waals surface area contributed by atoms with E-state index in [9.17, 15) is 15.3 Å². The summed E-state index contributed by atoms with van der Waals surface area (Å²) in [6.07, 6.45) is 5.34. The summed E-state index contributed by atoms with van der Waals surface area (Å²) >= 11 is 4.83. The number of hydrogen-bond acceptors (Lipinski definition) is 5. The number of carbonyl (C=O) groups is 1. The van der Waals surface area contributed by atoms with Crippen LogP contribution in [0.1, 0.15) is 34.6 Å². The predicted octanol–water partition coefficient (Wildman–Crippen LogP) is 6.07. The van der Waals surface area contributed by atoms with Gasteiger partial charge in [0, 0.05) is 21.0 Å². The van der Waals surface area contributed by atoms with Gasteiger partial charge in [0.05, 0.1) is 5.56 Å². The monoisotopic (exact) mass is 477 g/mol. The van der Waals surface area contributed by atoms with Crippen LogP contribution in [0.5, 0.6) is 0 Å². The first kappa shape index (κ1) is 20.2. The van der Waals surface area contributed by atoms with Crippen molar-refractivity contribution in [3.63, 3.8) is 0 Å². The molecule has 0 saturated heterocycles. The Bertz CT molecular complexity index is 1220. The van der Waals surface area contributed by atoms with Crippen LogP contribution in [-0.4, -0.2) is 5.91 Å². The fourth-order valence-electron chi connectivity index (χ4n) is 3.43. The highest BCUT2D eigenvalue weighted by Crippen LogP contribution is 2.37. The Morgan fingerprint density at radius 1 is 1.13 bits per heavy atom. The molecule has 4 rings (SSSR count). The summed E-state index contributed by atoms with van der Waals surface area (Å²) in [5, 5.41) is 22.3. The van der Waals surface area contributed by atoms with Crippen LogP contribution in [0.4, 0.5) is 5.00 Å². The first-order valence-electron chi connectivity index (χ1n) is 9.42. The molecule has 1 amide bonds. The van der Waals surface area contributed by atoms with E-state index < -0.39 is 5.91 Å². The standard InChI is InChI=1S/C23H16BrN3O2S/c24-16-7-5-14(6-8-16)20-10-9-17(29-20)11-15(12-25)22(28)27-23-19(13-26)18-3-1-2-4-21(18)30-23/h5-11H,1-4H2,(H,27,28)/b15-11-. The molecule has 5 nitrogen and oxygen atoms in total. The van der Waals surface area contributed by atoms with E-state index in [-0.39, 0.29) is 5.57 Å². The molecule has 0 radical (unpaired) electrons. The second kappa shape index (κ2) is 8.71. The molecule has 0 fully saturated rings. The van der Waals surface area contributed by atoms with Gasteiger partial charge in [0.25, 0.3) is 5.91 Å². The Balaban J connectivity index is 1.56. The molecule has 0 spiro atoms. The summed E-state index contributed by atoms with van der Waals surface area (Å²) in [6.45, 7) is 0. The number of benzene rings is 1. The molecule has 0 unspecified atom stereocenters. The summed E-state index contributed by atoms with van der Waals surface area (Å²) in [7, 11) is 0. The fourth-order valence-corrected chi connectivity index (χ4v) is 4.93. The lowest BCUT2D eigenvalue weighted by atomic mass is 9.96. The topological polar surface area (TPSA) is 89.8 Å². The van der Waals surface area contributed by atoms with Gasteiger partial charge in [0.1, 0.15) is 34.2 Å². The summed E-state index contributed by atoms with van der Waals surface area (Å²) in [4.78, 5) is 13.8. The molecule has 2 aromatic heterocycles. The van der Waals surface area contributed by atoms with E-state index in [4.69, 9.17) is 4.42 Å². The van der Waals surface area contributed by atoms with Gasteiger partial charge in [0.15, 0.2) is 0 Å². The van der Waals surface area contributed by atoms with Crippen LogP contribution in [0.2, 0.25) is 0 Å². The molecule has 148 valence electrons. The maximum Gasteiger partial charge on any atom is 0.267 e. The van der Waals surface area contributed by atoms with Crippen molar-refractivity contribution in [3.05, 3.63) is 68.2 Å². The zero-order valence-corrected chi connectivity index (χ0v) is 18.3. The highest BCUT2D eigenvalue weighted by Gasteiger charge is 2.22. The van der Waals surface area contributed by atoms with E-state index in [0.717, 1.165) is 46.2 Å². The van der Waals surface area contributed by atoms with Crippen molar-refractivity contribution >= 4 is 44.3 Å². The number of thiophene rings is 1. The van der Waals surface area contributed by atoms with Gasteiger partial charge in [-0.25, -0.2) is 0 Å². The number of aryl methyl sites for hydroxylation is 1. The minimum Gasteiger partial charge on any atom is -0.457 e. The Morgan fingerprint density at radius 3 is 2.63 bits per heavy atom. The van der Waals surface area contributed by atoms with E-state index in [1.54, 1.807) is 12.1 Å². The second-order valence-electron chi connectivity index (χ2n) is 6.86. The van der Waals surface area contributed by atoms with Gasteiger partial charge in [-0.1, -0.05) is 28.1 Å². The van der Waals surface area contributed by atoms with Crippen LogP contribution in [0.15, 0.2) is 50.9 Å². The number of fused-ring (bicyclic) bond motifs is 1. The van der Waals surface area contributed by atoms with Crippen LogP contribution in [0, 0.1) is 22.7 Å². The Kier molecular flexibility index (Phi) is 5.85. The van der Waals surface area contributed by atoms with E-state index >= 15 is 0 Å². The molecular formula is C23H16BrN3O2S. The molecule has 2 heterocycles. The number of amides is 1. The molecule has 1 N–H and O–H groups in total. The third-order valence-electron chi connectivity index (χ3n) is 4.92. The molecule has 0 aliphatic heterocycles.